The third-order valence-corrected chi connectivity index (χ3v) is 7.39. The quantitative estimate of drug-likeness (QED) is 0.331. The molecular weight excluding hydrogens is 494 g/mol. The van der Waals surface area contributed by atoms with Gasteiger partial charge < -0.3 is 20.3 Å². The van der Waals surface area contributed by atoms with Crippen LogP contribution in [-0.4, -0.2) is 39.4 Å². The molecule has 0 spiro atoms. The van der Waals surface area contributed by atoms with Crippen molar-refractivity contribution in [1.82, 2.24) is 20.1 Å². The lowest BCUT2D eigenvalue weighted by Gasteiger charge is -2.22. The molecule has 1 atom stereocenters. The fourth-order valence-electron chi connectivity index (χ4n) is 3.78. The zero-order valence-corrected chi connectivity index (χ0v) is 19.4. The Morgan fingerprint density at radius 3 is 2.69 bits per heavy atom. The predicted octanol–water partition coefficient (Wildman–Crippen LogP) is 4.03. The van der Waals surface area contributed by atoms with Crippen molar-refractivity contribution >= 4 is 27.3 Å². The lowest BCUT2D eigenvalue weighted by Crippen LogP contribution is -2.20. The largest absolute Gasteiger partial charge is 0.388 e. The molecule has 0 saturated heterocycles. The fraction of sp³-hybridized carbons (Fsp3) is 0.217. The monoisotopic (exact) mass is 514 g/mol. The van der Waals surface area contributed by atoms with E-state index in [1.807, 2.05) is 30.3 Å². The molecule has 36 heavy (non-hydrogen) atoms. The summed E-state index contributed by atoms with van der Waals surface area (Å²) in [5, 5.41) is 19.7. The molecule has 0 saturated carbocycles. The van der Waals surface area contributed by atoms with Gasteiger partial charge in [0, 0.05) is 24.0 Å². The number of sulfone groups is 1. The Labute approximate surface area is 204 Å². The van der Waals surface area contributed by atoms with Crippen LogP contribution in [0.5, 0.6) is 0 Å². The van der Waals surface area contributed by atoms with E-state index in [1.165, 1.54) is 18.3 Å². The van der Waals surface area contributed by atoms with E-state index in [0.29, 0.717) is 17.8 Å². The Morgan fingerprint density at radius 1 is 1.14 bits per heavy atom. The number of fused-ring (bicyclic) bond motifs is 1. The Balaban J connectivity index is 1.46. The third kappa shape index (κ3) is 4.88. The molecule has 0 fully saturated rings. The second-order valence-corrected chi connectivity index (χ2v) is 10.1. The Hall–Kier alpha value is -3.97. The highest BCUT2D eigenvalue weighted by molar-refractivity contribution is 7.91. The van der Waals surface area contributed by atoms with Crippen LogP contribution in [0.25, 0.3) is 11.5 Å². The van der Waals surface area contributed by atoms with E-state index in [1.54, 1.807) is 6.07 Å². The van der Waals surface area contributed by atoms with Crippen molar-refractivity contribution in [3.8, 4) is 11.5 Å². The minimum atomic E-state index is -3.45. The molecule has 4 aromatic rings. The van der Waals surface area contributed by atoms with Crippen LogP contribution in [0.15, 0.2) is 64.1 Å². The topological polar surface area (TPSA) is 143 Å². The molecule has 10 nitrogen and oxygen atoms in total. The summed E-state index contributed by atoms with van der Waals surface area (Å²) in [6.07, 6.45) is -2.34. The molecule has 3 N–H and O–H groups in total. The standard InChI is InChI=1S/C23H20F2N6O4S/c24-19(25)21-29-22(35-31-21)16-12-27-23(30-20(16)26-11-13-4-2-1-3-5-13)28-14-6-7-18-15(10-14)17(32)8-9-36(18,33)34/h1-7,10,12,17,19,32H,8-9,11H2,(H2,26,27,28,30). The Bertz CT molecular complexity index is 1500. The van der Waals surface area contributed by atoms with Gasteiger partial charge in [-0.1, -0.05) is 35.5 Å². The summed E-state index contributed by atoms with van der Waals surface area (Å²) in [6, 6.07) is 14.0. The maximum absolute atomic E-state index is 13.0. The number of anilines is 3. The molecule has 0 amide bonds. The average molecular weight is 515 g/mol. The van der Waals surface area contributed by atoms with Gasteiger partial charge >= 0.3 is 6.43 Å². The van der Waals surface area contributed by atoms with Crippen LogP contribution in [0, 0.1) is 0 Å². The van der Waals surface area contributed by atoms with Crippen LogP contribution in [0.3, 0.4) is 0 Å². The van der Waals surface area contributed by atoms with Crippen LogP contribution in [0.4, 0.5) is 26.2 Å². The molecule has 1 aliphatic rings. The highest BCUT2D eigenvalue weighted by Gasteiger charge is 2.29. The van der Waals surface area contributed by atoms with Crippen molar-refractivity contribution in [3.05, 3.63) is 71.7 Å². The molecule has 2 aromatic carbocycles. The van der Waals surface area contributed by atoms with E-state index in [2.05, 4.69) is 30.7 Å². The SMILES string of the molecule is O=S1(=O)CCC(O)c2cc(Nc3ncc(-c4nc(C(F)F)no4)c(NCc4ccccc4)n3)ccc21. The third-order valence-electron chi connectivity index (χ3n) is 5.58. The summed E-state index contributed by atoms with van der Waals surface area (Å²) in [5.74, 6) is -0.645. The van der Waals surface area contributed by atoms with Crippen molar-refractivity contribution in [1.29, 1.82) is 0 Å². The van der Waals surface area contributed by atoms with Gasteiger partial charge in [0.25, 0.3) is 5.89 Å². The smallest absolute Gasteiger partial charge is 0.300 e. The summed E-state index contributed by atoms with van der Waals surface area (Å²) < 4.78 is 55.5. The van der Waals surface area contributed by atoms with E-state index in [0.717, 1.165) is 5.56 Å². The van der Waals surface area contributed by atoms with Gasteiger partial charge in [-0.05, 0) is 30.2 Å². The summed E-state index contributed by atoms with van der Waals surface area (Å²) in [5.41, 5.74) is 1.93. The van der Waals surface area contributed by atoms with Crippen molar-refractivity contribution in [2.45, 2.75) is 30.4 Å². The summed E-state index contributed by atoms with van der Waals surface area (Å²) in [6.45, 7) is 0.364. The van der Waals surface area contributed by atoms with Crippen molar-refractivity contribution in [3.63, 3.8) is 0 Å². The molecule has 13 heteroatoms. The first-order chi connectivity index (χ1) is 17.3. The van der Waals surface area contributed by atoms with Gasteiger partial charge in [0.15, 0.2) is 9.84 Å². The van der Waals surface area contributed by atoms with E-state index in [4.69, 9.17) is 4.52 Å². The molecule has 1 aliphatic heterocycles. The second kappa shape index (κ2) is 9.59. The van der Waals surface area contributed by atoms with Crippen molar-refractivity contribution in [2.75, 3.05) is 16.4 Å². The number of rotatable bonds is 7. The van der Waals surface area contributed by atoms with Gasteiger partial charge in [0.2, 0.25) is 11.8 Å². The Morgan fingerprint density at radius 2 is 1.94 bits per heavy atom. The number of hydrogen-bond donors (Lipinski definition) is 3. The predicted molar refractivity (Wildman–Crippen MR) is 125 cm³/mol. The van der Waals surface area contributed by atoms with E-state index in [9.17, 15) is 22.3 Å². The molecule has 5 rings (SSSR count). The molecule has 0 radical (unpaired) electrons. The maximum atomic E-state index is 13.0. The Kier molecular flexibility index (Phi) is 6.33. The highest BCUT2D eigenvalue weighted by Crippen LogP contribution is 2.35. The maximum Gasteiger partial charge on any atom is 0.300 e. The fourth-order valence-corrected chi connectivity index (χ4v) is 5.36. The highest BCUT2D eigenvalue weighted by atomic mass is 32.2. The molecule has 1 unspecified atom stereocenters. The number of aliphatic hydroxyl groups is 1. The van der Waals surface area contributed by atoms with Crippen LogP contribution >= 0.6 is 0 Å². The number of alkyl halides is 2. The van der Waals surface area contributed by atoms with Gasteiger partial charge in [0.05, 0.1) is 16.8 Å². The lowest BCUT2D eigenvalue weighted by atomic mass is 10.1. The second-order valence-electron chi connectivity index (χ2n) is 8.05. The summed E-state index contributed by atoms with van der Waals surface area (Å²) >= 11 is 0. The van der Waals surface area contributed by atoms with Crippen LogP contribution in [0.1, 0.15) is 35.9 Å². The van der Waals surface area contributed by atoms with Gasteiger partial charge in [-0.2, -0.15) is 9.97 Å². The lowest BCUT2D eigenvalue weighted by molar-refractivity contribution is 0.136. The normalized spacial score (nSPS) is 16.5. The van der Waals surface area contributed by atoms with Crippen LogP contribution in [-0.2, 0) is 16.4 Å². The number of halogens is 2. The van der Waals surface area contributed by atoms with Crippen molar-refractivity contribution < 1.29 is 26.8 Å². The molecule has 0 aliphatic carbocycles. The van der Waals surface area contributed by atoms with Crippen molar-refractivity contribution in [2.24, 2.45) is 0 Å². The van der Waals surface area contributed by atoms with Crippen LogP contribution < -0.4 is 10.6 Å². The molecular formula is C23H20F2N6O4S. The zero-order chi connectivity index (χ0) is 25.3. The first kappa shape index (κ1) is 23.8. The number of nitrogens with one attached hydrogen (secondary N) is 2. The minimum Gasteiger partial charge on any atom is -0.388 e. The minimum absolute atomic E-state index is 0.0968. The number of nitrogens with zero attached hydrogens (tertiary/aromatic N) is 4. The first-order valence-electron chi connectivity index (χ1n) is 10.9. The van der Waals surface area contributed by atoms with E-state index < -0.39 is 28.2 Å². The number of aliphatic hydroxyl groups excluding tert-OH is 1. The summed E-state index contributed by atoms with van der Waals surface area (Å²) in [4.78, 5) is 12.5. The number of benzene rings is 2. The summed E-state index contributed by atoms with van der Waals surface area (Å²) in [7, 11) is -3.45. The van der Waals surface area contributed by atoms with Gasteiger partial charge in [-0.3, -0.25) is 0 Å². The van der Waals surface area contributed by atoms with Gasteiger partial charge in [0.1, 0.15) is 11.4 Å². The van der Waals surface area contributed by atoms with E-state index in [-0.39, 0.29) is 40.3 Å². The first-order valence-corrected chi connectivity index (χ1v) is 12.5. The number of aromatic nitrogens is 4. The van der Waals surface area contributed by atoms with Gasteiger partial charge in [-0.15, -0.1) is 0 Å². The van der Waals surface area contributed by atoms with E-state index >= 15 is 0 Å². The molecule has 186 valence electrons. The zero-order valence-electron chi connectivity index (χ0n) is 18.6. The van der Waals surface area contributed by atoms with Gasteiger partial charge in [-0.25, -0.2) is 22.2 Å². The molecule has 2 aromatic heterocycles. The number of hydrogen-bond acceptors (Lipinski definition) is 10. The molecule has 3 heterocycles. The van der Waals surface area contributed by atoms with Crippen LogP contribution in [0.2, 0.25) is 0 Å². The average Bonchev–Trinajstić information content (AvgIpc) is 3.37. The molecule has 0 bridgehead atoms.